The molecule has 2 aliphatic carbocycles. The highest BCUT2D eigenvalue weighted by atomic mass is 32.2. The maximum atomic E-state index is 13.8. The zero-order valence-corrected chi connectivity index (χ0v) is 41.4. The third kappa shape index (κ3) is 9.75. The lowest BCUT2D eigenvalue weighted by atomic mass is 9.91. The van der Waals surface area contributed by atoms with Crippen molar-refractivity contribution in [2.24, 2.45) is 0 Å². The van der Waals surface area contributed by atoms with Gasteiger partial charge in [-0.05, 0) is 90.6 Å². The Hall–Kier alpha value is -9.08. The van der Waals surface area contributed by atoms with Crippen molar-refractivity contribution in [1.29, 1.82) is 0 Å². The number of rotatable bonds is 19. The van der Waals surface area contributed by atoms with E-state index in [9.17, 15) is 49.3 Å². The molecule has 386 valence electrons. The van der Waals surface area contributed by atoms with Gasteiger partial charge in [0.25, 0.3) is 28.9 Å². The van der Waals surface area contributed by atoms with Crippen molar-refractivity contribution in [3.63, 3.8) is 0 Å². The minimum absolute atomic E-state index is 0.00810. The molecule has 5 aliphatic rings. The summed E-state index contributed by atoms with van der Waals surface area (Å²) >= 11 is 1.40. The number of methoxy groups -OCH3 is 1. The van der Waals surface area contributed by atoms with E-state index < -0.39 is 60.8 Å². The molecule has 5 aromatic carbocycles. The van der Waals surface area contributed by atoms with E-state index >= 15 is 0 Å². The van der Waals surface area contributed by atoms with Gasteiger partial charge in [-0.3, -0.25) is 44.3 Å². The number of carbonyl (C=O) groups is 4. The molecule has 1 spiro atoms. The van der Waals surface area contributed by atoms with Crippen LogP contribution >= 0.6 is 11.8 Å². The summed E-state index contributed by atoms with van der Waals surface area (Å²) in [6, 6.07) is 34.3. The number of aliphatic carboxylic acids is 1. The second-order valence-corrected chi connectivity index (χ2v) is 19.7. The summed E-state index contributed by atoms with van der Waals surface area (Å²) in [4.78, 5) is 87.2. The van der Waals surface area contributed by atoms with Crippen LogP contribution in [0.25, 0.3) is 33.4 Å². The van der Waals surface area contributed by atoms with Gasteiger partial charge in [0.2, 0.25) is 5.91 Å². The third-order valence-corrected chi connectivity index (χ3v) is 15.3. The lowest BCUT2D eigenvalue weighted by molar-refractivity contribution is -0.394. The summed E-state index contributed by atoms with van der Waals surface area (Å²) in [5.74, 6) is -1.33. The predicted octanol–water partition coefficient (Wildman–Crippen LogP) is 7.94. The maximum Gasteiger partial charge on any atom is 0.352 e. The van der Waals surface area contributed by atoms with E-state index in [1.807, 2.05) is 61.5 Å². The minimum Gasteiger partial charge on any atom is -0.492 e. The molecule has 10 rings (SSSR count). The Morgan fingerprint density at radius 1 is 0.789 bits per heavy atom. The molecule has 2 fully saturated rings. The first kappa shape index (κ1) is 50.5. The number of non-ortho nitro benzene ring substituents is 2. The van der Waals surface area contributed by atoms with E-state index in [0.29, 0.717) is 52.6 Å². The average Bonchev–Trinajstić information content (AvgIpc) is 4.30. The highest BCUT2D eigenvalue weighted by Gasteiger charge is 2.71. The van der Waals surface area contributed by atoms with Crippen LogP contribution in [0.2, 0.25) is 0 Å². The maximum absolute atomic E-state index is 13.8. The number of carbonyl (C=O) groups excluding carboxylic acids is 3. The first-order valence-corrected chi connectivity index (χ1v) is 24.6. The third-order valence-electron chi connectivity index (χ3n) is 13.4. The second-order valence-electron chi connectivity index (χ2n) is 18.3. The highest BCUT2D eigenvalue weighted by Crippen LogP contribution is 2.64. The molecule has 20 nitrogen and oxygen atoms in total. The first-order chi connectivity index (χ1) is 36.6. The molecule has 0 aromatic heterocycles. The van der Waals surface area contributed by atoms with Crippen molar-refractivity contribution < 1.29 is 57.5 Å². The smallest absolute Gasteiger partial charge is 0.352 e. The van der Waals surface area contributed by atoms with Gasteiger partial charge in [-0.1, -0.05) is 48.5 Å². The van der Waals surface area contributed by atoms with Crippen molar-refractivity contribution in [3.05, 3.63) is 191 Å². The number of nitro benzene ring substituents is 2. The van der Waals surface area contributed by atoms with Crippen LogP contribution in [-0.2, 0) is 32.1 Å². The summed E-state index contributed by atoms with van der Waals surface area (Å²) in [6.07, 6.45) is 1.33. The van der Waals surface area contributed by atoms with E-state index in [4.69, 9.17) is 23.4 Å². The van der Waals surface area contributed by atoms with Crippen LogP contribution in [0.1, 0.15) is 39.9 Å². The number of hydrogen-bond acceptors (Lipinski definition) is 15. The molecule has 0 bridgehead atoms. The molecule has 0 radical (unpaired) electrons. The van der Waals surface area contributed by atoms with E-state index in [1.165, 1.54) is 35.9 Å². The lowest BCUT2D eigenvalue weighted by Crippen LogP contribution is -2.81. The molecule has 2 atom stereocenters. The van der Waals surface area contributed by atoms with Crippen molar-refractivity contribution in [1.82, 2.24) is 15.5 Å². The topological polar surface area (TPSA) is 269 Å². The molecule has 1 saturated heterocycles. The number of amides is 3. The molecular weight excluding hydrogens is 1000 g/mol. The zero-order chi connectivity index (χ0) is 53.5. The number of nitro groups is 2. The summed E-state index contributed by atoms with van der Waals surface area (Å²) in [6.45, 7) is 1.98. The number of hydrogen-bond donors (Lipinski definition) is 3. The van der Waals surface area contributed by atoms with E-state index in [1.54, 1.807) is 42.5 Å². The Bertz CT molecular complexity index is 3550. The van der Waals surface area contributed by atoms with Crippen LogP contribution in [0.5, 0.6) is 17.2 Å². The molecule has 0 unspecified atom stereocenters. The van der Waals surface area contributed by atoms with Gasteiger partial charge >= 0.3 is 5.97 Å². The number of nitrogens with zero attached hydrogens (tertiary/aromatic N) is 3. The molecule has 76 heavy (non-hydrogen) atoms. The van der Waals surface area contributed by atoms with E-state index in [0.717, 1.165) is 51.4 Å². The van der Waals surface area contributed by atoms with Gasteiger partial charge in [0.1, 0.15) is 59.5 Å². The Morgan fingerprint density at radius 2 is 1.46 bits per heavy atom. The van der Waals surface area contributed by atoms with E-state index in [2.05, 4.69) is 10.6 Å². The summed E-state index contributed by atoms with van der Waals surface area (Å²) in [5, 5.41) is 38.3. The van der Waals surface area contributed by atoms with Crippen LogP contribution < -0.4 is 30.3 Å². The van der Waals surface area contributed by atoms with Crippen LogP contribution in [0.4, 0.5) is 11.4 Å². The van der Waals surface area contributed by atoms with Crippen LogP contribution in [0.15, 0.2) is 148 Å². The first-order valence-electron chi connectivity index (χ1n) is 23.8. The quantitative estimate of drug-likeness (QED) is 0.0173. The Labute approximate surface area is 435 Å². The highest BCUT2D eigenvalue weighted by molar-refractivity contribution is 8.02. The average molecular weight is 1050 g/mol. The molecule has 3 N–H and O–H groups in total. The molecular formula is C55H45N5O15S. The van der Waals surface area contributed by atoms with Gasteiger partial charge in [0, 0.05) is 58.2 Å². The number of benzene rings is 6. The second kappa shape index (κ2) is 20.3. The van der Waals surface area contributed by atoms with Gasteiger partial charge in [0.15, 0.2) is 5.43 Å². The number of carboxylic acids is 1. The standard InChI is InChI=1S/C55H45N5O15S/c1-31-22-39(72-21-20-56-50(63)34-24-35(59(67)68)26-36(25-34)60(69)70)13-16-41(31)48-42-15-10-37(61)27-45(42)75-46-28-40(14-17-43(46)48)73-29-33-8-11-38(12-9-33)74-30-44-49(51(64)65)58-52(66)55(71-2,53(58)76-54(44)18-19-54)57-47(62)23-32-6-4-3-5-7-32/h3-17,22,24-28,53H,18-21,23,29-30H2,1-2H3,(H,56,63)(H,57,62)(H,64,65)/t53-,55+/m1/s1. The van der Waals surface area contributed by atoms with Gasteiger partial charge in [-0.25, -0.2) is 4.79 Å². The number of fused-ring (bicyclic) bond motifs is 3. The van der Waals surface area contributed by atoms with Crippen LogP contribution in [0, 0.1) is 27.2 Å². The normalized spacial score (nSPS) is 17.2. The van der Waals surface area contributed by atoms with Crippen molar-refractivity contribution in [3.8, 4) is 39.7 Å². The van der Waals surface area contributed by atoms with Crippen LogP contribution in [-0.4, -0.2) is 86.3 Å². The van der Waals surface area contributed by atoms with Gasteiger partial charge in [-0.15, -0.1) is 11.8 Å². The molecule has 3 aliphatic heterocycles. The molecule has 3 amide bonds. The predicted molar refractivity (Wildman–Crippen MR) is 276 cm³/mol. The Balaban J connectivity index is 0.792. The number of thioether (sulfide) groups is 1. The van der Waals surface area contributed by atoms with Crippen molar-refractivity contribution >= 4 is 57.8 Å². The van der Waals surface area contributed by atoms with Crippen molar-refractivity contribution in [2.45, 2.75) is 48.6 Å². The summed E-state index contributed by atoms with van der Waals surface area (Å²) in [7, 11) is 1.33. The van der Waals surface area contributed by atoms with Gasteiger partial charge < -0.3 is 39.1 Å². The molecule has 5 aromatic rings. The number of β-lactam (4-membered cyclic amide) rings is 1. The summed E-state index contributed by atoms with van der Waals surface area (Å²) < 4.78 is 29.7. The molecule has 1 saturated carbocycles. The lowest BCUT2D eigenvalue weighted by Gasteiger charge is -2.57. The number of aryl methyl sites for hydroxylation is 1. The van der Waals surface area contributed by atoms with Gasteiger partial charge in [0.05, 0.1) is 34.4 Å². The number of nitrogens with one attached hydrogen (secondary N) is 2. The SMILES string of the molecule is CO[C@@]1(NC(=O)Cc2ccccc2)C(=O)N2C(C(=O)O)=C(COc3ccc(COc4ccc5c(-c6ccc(OCCNC(=O)c7cc([N+](=O)[O-])cc([N+](=O)[O-])c7)cc6C)c6ccc(=O)cc-6oc5c4)cc3)C3(CC3)S[C@@H]21. The fraction of sp³-hybridized carbons (Fsp3) is 0.218. The van der Waals surface area contributed by atoms with Crippen LogP contribution in [0.3, 0.4) is 0 Å². The molecule has 3 heterocycles. The van der Waals surface area contributed by atoms with E-state index in [-0.39, 0.29) is 49.5 Å². The largest absolute Gasteiger partial charge is 0.492 e. The number of carboxylic acid groups (broad SMARTS) is 1. The number of ether oxygens (including phenoxy) is 4. The summed E-state index contributed by atoms with van der Waals surface area (Å²) in [5.41, 5.74) is 2.08. The Morgan fingerprint density at radius 3 is 2.13 bits per heavy atom. The fourth-order valence-corrected chi connectivity index (χ4v) is 11.3. The van der Waals surface area contributed by atoms with Gasteiger partial charge in [-0.2, -0.15) is 0 Å². The minimum atomic E-state index is -1.72. The Kier molecular flexibility index (Phi) is 13.5. The molecule has 21 heteroatoms. The monoisotopic (exact) mass is 1050 g/mol. The fourth-order valence-electron chi connectivity index (χ4n) is 9.47. The van der Waals surface area contributed by atoms with Crippen molar-refractivity contribution in [2.75, 3.05) is 26.9 Å². The zero-order valence-electron chi connectivity index (χ0n) is 40.6.